The molecule has 1 aliphatic rings. The number of anilines is 1. The van der Waals surface area contributed by atoms with Crippen LogP contribution < -0.4 is 10.1 Å². The Bertz CT molecular complexity index is 312. The number of hydrogen-bond acceptors (Lipinski definition) is 3. The van der Waals surface area contributed by atoms with Crippen molar-refractivity contribution in [3.63, 3.8) is 0 Å². The lowest BCUT2D eigenvalue weighted by Gasteiger charge is -2.02. The van der Waals surface area contributed by atoms with Crippen LogP contribution in [-0.4, -0.2) is 17.5 Å². The van der Waals surface area contributed by atoms with E-state index < -0.39 is 0 Å². The summed E-state index contributed by atoms with van der Waals surface area (Å²) in [5, 5.41) is 2.70. The number of rotatable bonds is 0. The summed E-state index contributed by atoms with van der Waals surface area (Å²) in [4.78, 5) is 15.0. The number of amides is 1. The number of carbonyl (C=O) groups is 1. The molecule has 2 rings (SSSR count). The van der Waals surface area contributed by atoms with Gasteiger partial charge in [0.15, 0.2) is 0 Å². The van der Waals surface area contributed by atoms with Crippen LogP contribution in [0.2, 0.25) is 0 Å². The van der Waals surface area contributed by atoms with Crippen molar-refractivity contribution >= 4 is 11.6 Å². The van der Waals surface area contributed by atoms with Gasteiger partial charge < -0.3 is 10.1 Å². The van der Waals surface area contributed by atoms with Crippen molar-refractivity contribution in [1.29, 1.82) is 0 Å². The SMILES string of the molecule is O=C1CCOc2ncccc2N1. The zero-order valence-corrected chi connectivity index (χ0v) is 6.41. The molecule has 0 bridgehead atoms. The predicted octanol–water partition coefficient (Wildman–Crippen LogP) is 0.803. The summed E-state index contributed by atoms with van der Waals surface area (Å²) in [6.45, 7) is 0.399. The van der Waals surface area contributed by atoms with Crippen LogP contribution in [0.15, 0.2) is 18.3 Å². The Kier molecular flexibility index (Phi) is 1.66. The number of pyridine rings is 1. The standard InChI is InChI=1S/C8H8N2O2/c11-7-3-5-12-8-6(10-7)2-1-4-9-8/h1-2,4H,3,5H2,(H,10,11). The first-order valence-electron chi connectivity index (χ1n) is 3.74. The summed E-state index contributed by atoms with van der Waals surface area (Å²) in [7, 11) is 0. The second-order valence-corrected chi connectivity index (χ2v) is 2.50. The van der Waals surface area contributed by atoms with Gasteiger partial charge in [-0.05, 0) is 12.1 Å². The zero-order valence-electron chi connectivity index (χ0n) is 6.41. The number of nitrogens with zero attached hydrogens (tertiary/aromatic N) is 1. The Morgan fingerprint density at radius 1 is 1.58 bits per heavy atom. The fraction of sp³-hybridized carbons (Fsp3) is 0.250. The number of carbonyl (C=O) groups excluding carboxylic acids is 1. The summed E-state index contributed by atoms with van der Waals surface area (Å²) in [5.74, 6) is 0.477. The van der Waals surface area contributed by atoms with E-state index in [0.29, 0.717) is 24.6 Å². The molecule has 62 valence electrons. The maximum Gasteiger partial charge on any atom is 0.237 e. The van der Waals surface area contributed by atoms with Crippen molar-refractivity contribution in [2.75, 3.05) is 11.9 Å². The molecule has 0 spiro atoms. The van der Waals surface area contributed by atoms with E-state index in [9.17, 15) is 4.79 Å². The first kappa shape index (κ1) is 7.09. The maximum atomic E-state index is 11.0. The normalized spacial score (nSPS) is 15.5. The summed E-state index contributed by atoms with van der Waals surface area (Å²) in [6, 6.07) is 3.53. The van der Waals surface area contributed by atoms with Gasteiger partial charge in [0, 0.05) is 6.20 Å². The van der Waals surface area contributed by atoms with E-state index >= 15 is 0 Å². The van der Waals surface area contributed by atoms with E-state index in [1.165, 1.54) is 0 Å². The molecule has 4 heteroatoms. The first-order chi connectivity index (χ1) is 5.86. The molecule has 0 saturated carbocycles. The number of aromatic nitrogens is 1. The van der Waals surface area contributed by atoms with Crippen LogP contribution in [0.3, 0.4) is 0 Å². The maximum absolute atomic E-state index is 11.0. The highest BCUT2D eigenvalue weighted by molar-refractivity contribution is 5.92. The highest BCUT2D eigenvalue weighted by Gasteiger charge is 2.13. The molecule has 12 heavy (non-hydrogen) atoms. The van der Waals surface area contributed by atoms with Crippen molar-refractivity contribution in [3.05, 3.63) is 18.3 Å². The van der Waals surface area contributed by atoms with Crippen molar-refractivity contribution in [1.82, 2.24) is 4.98 Å². The highest BCUT2D eigenvalue weighted by Crippen LogP contribution is 2.22. The van der Waals surface area contributed by atoms with Crippen molar-refractivity contribution < 1.29 is 9.53 Å². The quantitative estimate of drug-likeness (QED) is 0.617. The number of hydrogen-bond donors (Lipinski definition) is 1. The van der Waals surface area contributed by atoms with E-state index in [1.54, 1.807) is 18.3 Å². The van der Waals surface area contributed by atoms with Gasteiger partial charge in [0.2, 0.25) is 11.8 Å². The van der Waals surface area contributed by atoms with E-state index in [4.69, 9.17) is 4.74 Å². The Morgan fingerprint density at radius 3 is 3.42 bits per heavy atom. The van der Waals surface area contributed by atoms with Crippen molar-refractivity contribution in [2.24, 2.45) is 0 Å². The Hall–Kier alpha value is -1.58. The lowest BCUT2D eigenvalue weighted by Crippen LogP contribution is -2.10. The third kappa shape index (κ3) is 1.23. The molecule has 4 nitrogen and oxygen atoms in total. The van der Waals surface area contributed by atoms with Gasteiger partial charge in [-0.2, -0.15) is 0 Å². The molecule has 0 fully saturated rings. The van der Waals surface area contributed by atoms with Gasteiger partial charge in [-0.3, -0.25) is 4.79 Å². The number of ether oxygens (including phenoxy) is 1. The third-order valence-corrected chi connectivity index (χ3v) is 1.61. The average Bonchev–Trinajstić information content (AvgIpc) is 2.25. The van der Waals surface area contributed by atoms with E-state index in [0.717, 1.165) is 0 Å². The van der Waals surface area contributed by atoms with Gasteiger partial charge in [0.1, 0.15) is 5.69 Å². The molecular weight excluding hydrogens is 156 g/mol. The minimum Gasteiger partial charge on any atom is -0.476 e. The first-order valence-corrected chi connectivity index (χ1v) is 3.74. The second-order valence-electron chi connectivity index (χ2n) is 2.50. The molecule has 0 atom stereocenters. The van der Waals surface area contributed by atoms with Crippen LogP contribution in [0.25, 0.3) is 0 Å². The van der Waals surface area contributed by atoms with E-state index in [1.807, 2.05) is 0 Å². The van der Waals surface area contributed by atoms with E-state index in [-0.39, 0.29) is 5.91 Å². The average molecular weight is 164 g/mol. The van der Waals surface area contributed by atoms with Crippen LogP contribution in [0.1, 0.15) is 6.42 Å². The monoisotopic (exact) mass is 164 g/mol. The minimum atomic E-state index is -0.0262. The van der Waals surface area contributed by atoms with Crippen LogP contribution in [0.5, 0.6) is 5.88 Å². The van der Waals surface area contributed by atoms with Crippen molar-refractivity contribution in [2.45, 2.75) is 6.42 Å². The Balaban J connectivity index is 2.37. The molecule has 0 aromatic carbocycles. The molecule has 1 amide bonds. The van der Waals surface area contributed by atoms with Gasteiger partial charge >= 0.3 is 0 Å². The Labute approximate surface area is 69.6 Å². The molecular formula is C8H8N2O2. The molecule has 0 radical (unpaired) electrons. The molecule has 1 aliphatic heterocycles. The summed E-state index contributed by atoms with van der Waals surface area (Å²) in [5.41, 5.74) is 0.653. The highest BCUT2D eigenvalue weighted by atomic mass is 16.5. The second kappa shape index (κ2) is 2.81. The fourth-order valence-corrected chi connectivity index (χ4v) is 1.05. The Morgan fingerprint density at radius 2 is 2.50 bits per heavy atom. The topological polar surface area (TPSA) is 51.2 Å². The molecule has 1 N–H and O–H groups in total. The number of fused-ring (bicyclic) bond motifs is 1. The smallest absolute Gasteiger partial charge is 0.237 e. The fourth-order valence-electron chi connectivity index (χ4n) is 1.05. The third-order valence-electron chi connectivity index (χ3n) is 1.61. The van der Waals surface area contributed by atoms with Crippen LogP contribution >= 0.6 is 0 Å². The largest absolute Gasteiger partial charge is 0.476 e. The van der Waals surface area contributed by atoms with Gasteiger partial charge in [0.25, 0.3) is 0 Å². The molecule has 1 aromatic heterocycles. The van der Waals surface area contributed by atoms with Crippen LogP contribution in [-0.2, 0) is 4.79 Å². The van der Waals surface area contributed by atoms with E-state index in [2.05, 4.69) is 10.3 Å². The number of nitrogens with one attached hydrogen (secondary N) is 1. The summed E-state index contributed by atoms with van der Waals surface area (Å²) in [6.07, 6.45) is 2.02. The van der Waals surface area contributed by atoms with Gasteiger partial charge in [0.05, 0.1) is 13.0 Å². The summed E-state index contributed by atoms with van der Waals surface area (Å²) >= 11 is 0. The molecule has 0 aliphatic carbocycles. The lowest BCUT2D eigenvalue weighted by atomic mass is 10.4. The molecule has 0 unspecified atom stereocenters. The van der Waals surface area contributed by atoms with Gasteiger partial charge in [-0.1, -0.05) is 0 Å². The molecule has 2 heterocycles. The van der Waals surface area contributed by atoms with Crippen molar-refractivity contribution in [3.8, 4) is 5.88 Å². The van der Waals surface area contributed by atoms with Gasteiger partial charge in [-0.25, -0.2) is 4.98 Å². The van der Waals surface area contributed by atoms with Crippen LogP contribution in [0.4, 0.5) is 5.69 Å². The lowest BCUT2D eigenvalue weighted by molar-refractivity contribution is -0.116. The minimum absolute atomic E-state index is 0.0262. The zero-order chi connectivity index (χ0) is 8.39. The molecule has 1 aromatic rings. The van der Waals surface area contributed by atoms with Crippen LogP contribution in [0, 0.1) is 0 Å². The van der Waals surface area contributed by atoms with Gasteiger partial charge in [-0.15, -0.1) is 0 Å². The summed E-state index contributed by atoms with van der Waals surface area (Å²) < 4.78 is 5.22. The predicted molar refractivity (Wildman–Crippen MR) is 43.0 cm³/mol. The molecule has 0 saturated heterocycles.